The standard InChI is InChI=1S/C25H34N2O3/c1-5-24(28)27(18-21-11-13-22(30-4)14-12-21)23(17-20-9-7-6-8-10-20)25(29)26-16-15-19(2)3/h6-14,19,23H,5,15-18H2,1-4H3,(H,26,29)/t23-/m1/s1. The van der Waals surface area contributed by atoms with Gasteiger partial charge in [-0.1, -0.05) is 63.2 Å². The van der Waals surface area contributed by atoms with E-state index in [1.54, 1.807) is 12.0 Å². The third kappa shape index (κ3) is 7.21. The molecular weight excluding hydrogens is 376 g/mol. The number of ether oxygens (including phenoxy) is 1. The molecule has 0 aliphatic heterocycles. The number of hydrogen-bond donors (Lipinski definition) is 1. The minimum absolute atomic E-state index is 0.0363. The number of nitrogens with one attached hydrogen (secondary N) is 1. The molecule has 0 saturated carbocycles. The molecule has 0 aromatic heterocycles. The van der Waals surface area contributed by atoms with Crippen LogP contribution in [0, 0.1) is 5.92 Å². The SMILES string of the molecule is CCC(=O)N(Cc1ccc(OC)cc1)[C@H](Cc1ccccc1)C(=O)NCCC(C)C. The number of carbonyl (C=O) groups is 2. The van der Waals surface area contributed by atoms with Gasteiger partial charge in [0.15, 0.2) is 0 Å². The third-order valence-corrected chi connectivity index (χ3v) is 5.11. The zero-order chi connectivity index (χ0) is 21.9. The van der Waals surface area contributed by atoms with Gasteiger partial charge >= 0.3 is 0 Å². The largest absolute Gasteiger partial charge is 0.497 e. The van der Waals surface area contributed by atoms with Crippen molar-refractivity contribution in [3.8, 4) is 5.75 Å². The van der Waals surface area contributed by atoms with Crippen molar-refractivity contribution in [2.45, 2.75) is 52.6 Å². The van der Waals surface area contributed by atoms with Crippen LogP contribution >= 0.6 is 0 Å². The molecule has 0 spiro atoms. The van der Waals surface area contributed by atoms with Crippen molar-refractivity contribution in [1.29, 1.82) is 0 Å². The summed E-state index contributed by atoms with van der Waals surface area (Å²) >= 11 is 0. The van der Waals surface area contributed by atoms with Crippen molar-refractivity contribution < 1.29 is 14.3 Å². The van der Waals surface area contributed by atoms with E-state index in [9.17, 15) is 9.59 Å². The lowest BCUT2D eigenvalue weighted by Gasteiger charge is -2.31. The van der Waals surface area contributed by atoms with E-state index in [2.05, 4.69) is 19.2 Å². The molecule has 0 radical (unpaired) electrons. The second-order valence-corrected chi connectivity index (χ2v) is 7.90. The minimum Gasteiger partial charge on any atom is -0.497 e. The molecule has 1 atom stereocenters. The number of carbonyl (C=O) groups excluding carboxylic acids is 2. The Morgan fingerprint density at radius 2 is 1.67 bits per heavy atom. The summed E-state index contributed by atoms with van der Waals surface area (Å²) in [5.74, 6) is 1.13. The van der Waals surface area contributed by atoms with Crippen LogP contribution in [0.1, 0.15) is 44.7 Å². The number of rotatable bonds is 11. The highest BCUT2D eigenvalue weighted by molar-refractivity contribution is 5.87. The van der Waals surface area contributed by atoms with E-state index < -0.39 is 6.04 Å². The van der Waals surface area contributed by atoms with Crippen LogP contribution in [-0.2, 0) is 22.6 Å². The van der Waals surface area contributed by atoms with E-state index >= 15 is 0 Å². The van der Waals surface area contributed by atoms with Gasteiger partial charge in [-0.15, -0.1) is 0 Å². The maximum Gasteiger partial charge on any atom is 0.243 e. The van der Waals surface area contributed by atoms with Crippen LogP contribution in [0.5, 0.6) is 5.75 Å². The summed E-state index contributed by atoms with van der Waals surface area (Å²) in [6, 6.07) is 16.9. The second-order valence-electron chi connectivity index (χ2n) is 7.90. The molecule has 2 aromatic carbocycles. The first-order chi connectivity index (χ1) is 14.4. The van der Waals surface area contributed by atoms with Crippen molar-refractivity contribution in [2.75, 3.05) is 13.7 Å². The van der Waals surface area contributed by atoms with Gasteiger partial charge in [0, 0.05) is 25.9 Å². The highest BCUT2D eigenvalue weighted by atomic mass is 16.5. The Morgan fingerprint density at radius 1 is 1.00 bits per heavy atom. The fourth-order valence-corrected chi connectivity index (χ4v) is 3.29. The Morgan fingerprint density at radius 3 is 2.23 bits per heavy atom. The van der Waals surface area contributed by atoms with Crippen molar-refractivity contribution in [2.24, 2.45) is 5.92 Å². The third-order valence-electron chi connectivity index (χ3n) is 5.11. The van der Waals surface area contributed by atoms with Crippen LogP contribution in [-0.4, -0.2) is 36.4 Å². The van der Waals surface area contributed by atoms with Gasteiger partial charge in [0.1, 0.15) is 11.8 Å². The number of methoxy groups -OCH3 is 1. The average Bonchev–Trinajstić information content (AvgIpc) is 2.76. The highest BCUT2D eigenvalue weighted by Gasteiger charge is 2.29. The number of hydrogen-bond acceptors (Lipinski definition) is 3. The number of nitrogens with zero attached hydrogens (tertiary/aromatic N) is 1. The molecular formula is C25H34N2O3. The van der Waals surface area contributed by atoms with Crippen molar-refractivity contribution in [3.05, 3.63) is 65.7 Å². The zero-order valence-corrected chi connectivity index (χ0v) is 18.6. The average molecular weight is 411 g/mol. The first-order valence-electron chi connectivity index (χ1n) is 10.7. The molecule has 162 valence electrons. The Kier molecular flexibility index (Phi) is 9.39. The summed E-state index contributed by atoms with van der Waals surface area (Å²) in [7, 11) is 1.62. The van der Waals surface area contributed by atoms with Gasteiger partial charge in [0.05, 0.1) is 7.11 Å². The van der Waals surface area contributed by atoms with Gasteiger partial charge in [-0.2, -0.15) is 0 Å². The van der Waals surface area contributed by atoms with E-state index in [1.807, 2.05) is 61.5 Å². The molecule has 5 heteroatoms. The van der Waals surface area contributed by atoms with Crippen LogP contribution in [0.3, 0.4) is 0 Å². The van der Waals surface area contributed by atoms with Gasteiger partial charge in [-0.25, -0.2) is 0 Å². The molecule has 0 aliphatic carbocycles. The number of amides is 2. The molecule has 0 saturated heterocycles. The second kappa shape index (κ2) is 12.0. The summed E-state index contributed by atoms with van der Waals surface area (Å²) < 4.78 is 5.23. The van der Waals surface area contributed by atoms with Crippen LogP contribution in [0.2, 0.25) is 0 Å². The Hall–Kier alpha value is -2.82. The van der Waals surface area contributed by atoms with Crippen molar-refractivity contribution in [3.63, 3.8) is 0 Å². The predicted octanol–water partition coefficient (Wildman–Crippen LogP) is 4.21. The molecule has 5 nitrogen and oxygen atoms in total. The van der Waals surface area contributed by atoms with E-state index in [1.165, 1.54) is 0 Å². The summed E-state index contributed by atoms with van der Waals surface area (Å²) in [5, 5.41) is 3.04. The summed E-state index contributed by atoms with van der Waals surface area (Å²) in [6.45, 7) is 7.08. The highest BCUT2D eigenvalue weighted by Crippen LogP contribution is 2.18. The van der Waals surface area contributed by atoms with Crippen molar-refractivity contribution >= 4 is 11.8 Å². The Balaban J connectivity index is 2.27. The Labute approximate surface area is 180 Å². The minimum atomic E-state index is -0.561. The van der Waals surface area contributed by atoms with Gasteiger partial charge in [0.25, 0.3) is 0 Å². The molecule has 0 unspecified atom stereocenters. The molecule has 0 heterocycles. The molecule has 0 bridgehead atoms. The monoisotopic (exact) mass is 410 g/mol. The fraction of sp³-hybridized carbons (Fsp3) is 0.440. The fourth-order valence-electron chi connectivity index (χ4n) is 3.29. The molecule has 30 heavy (non-hydrogen) atoms. The quantitative estimate of drug-likeness (QED) is 0.604. The van der Waals surface area contributed by atoms with Gasteiger partial charge in [-0.3, -0.25) is 9.59 Å². The first kappa shape index (κ1) is 23.5. The van der Waals surface area contributed by atoms with Crippen molar-refractivity contribution in [1.82, 2.24) is 10.2 Å². The molecule has 2 amide bonds. The van der Waals surface area contributed by atoms with Gasteiger partial charge in [0.2, 0.25) is 11.8 Å². The van der Waals surface area contributed by atoms with Gasteiger partial charge in [-0.05, 0) is 35.6 Å². The van der Waals surface area contributed by atoms with Gasteiger partial charge < -0.3 is 15.0 Å². The summed E-state index contributed by atoms with van der Waals surface area (Å²) in [4.78, 5) is 27.7. The van der Waals surface area contributed by atoms with E-state index in [0.717, 1.165) is 23.3 Å². The van der Waals surface area contributed by atoms with E-state index in [-0.39, 0.29) is 11.8 Å². The topological polar surface area (TPSA) is 58.6 Å². The summed E-state index contributed by atoms with van der Waals surface area (Å²) in [5.41, 5.74) is 2.00. The Bertz CT molecular complexity index is 788. The molecule has 2 rings (SSSR count). The lowest BCUT2D eigenvalue weighted by molar-refractivity contribution is -0.141. The first-order valence-corrected chi connectivity index (χ1v) is 10.7. The van der Waals surface area contributed by atoms with Crippen LogP contribution in [0.15, 0.2) is 54.6 Å². The molecule has 1 N–H and O–H groups in total. The van der Waals surface area contributed by atoms with Crippen LogP contribution < -0.4 is 10.1 Å². The van der Waals surface area contributed by atoms with E-state index in [4.69, 9.17) is 4.74 Å². The molecule has 0 fully saturated rings. The molecule has 0 aliphatic rings. The maximum absolute atomic E-state index is 13.2. The smallest absolute Gasteiger partial charge is 0.243 e. The molecule has 2 aromatic rings. The number of benzene rings is 2. The normalized spacial score (nSPS) is 11.8. The van der Waals surface area contributed by atoms with Crippen LogP contribution in [0.4, 0.5) is 0 Å². The van der Waals surface area contributed by atoms with Crippen LogP contribution in [0.25, 0.3) is 0 Å². The lowest BCUT2D eigenvalue weighted by Crippen LogP contribution is -2.50. The van der Waals surface area contributed by atoms with E-state index in [0.29, 0.717) is 31.8 Å². The maximum atomic E-state index is 13.2. The lowest BCUT2D eigenvalue weighted by atomic mass is 10.0. The summed E-state index contributed by atoms with van der Waals surface area (Å²) in [6.07, 6.45) is 1.74. The zero-order valence-electron chi connectivity index (χ0n) is 18.6. The predicted molar refractivity (Wildman–Crippen MR) is 120 cm³/mol.